The summed E-state index contributed by atoms with van der Waals surface area (Å²) < 4.78 is 5.26. The van der Waals surface area contributed by atoms with Crippen LogP contribution in [0.1, 0.15) is 38.8 Å². The lowest BCUT2D eigenvalue weighted by Crippen LogP contribution is -2.55. The number of carboxylic acids is 1. The van der Waals surface area contributed by atoms with Gasteiger partial charge in [0.15, 0.2) is 0 Å². The van der Waals surface area contributed by atoms with Gasteiger partial charge in [0, 0.05) is 32.2 Å². The number of methoxy groups -OCH3 is 1. The quantitative estimate of drug-likeness (QED) is 0.831. The number of benzene rings is 1. The van der Waals surface area contributed by atoms with Gasteiger partial charge in [-0.15, -0.1) is 0 Å². The second kappa shape index (κ2) is 8.49. The Kier molecular flexibility index (Phi) is 6.63. The fourth-order valence-electron chi connectivity index (χ4n) is 3.57. The Labute approximate surface area is 145 Å². The zero-order valence-corrected chi connectivity index (χ0v) is 15.2. The van der Waals surface area contributed by atoms with Crippen molar-refractivity contribution in [2.45, 2.75) is 39.3 Å². The molecule has 1 aliphatic rings. The summed E-state index contributed by atoms with van der Waals surface area (Å²) in [6, 6.07) is 7.21. The van der Waals surface area contributed by atoms with E-state index in [0.29, 0.717) is 17.7 Å². The Morgan fingerprint density at radius 1 is 1.38 bits per heavy atom. The molecule has 1 heterocycles. The maximum atomic E-state index is 12.0. The Hall–Kier alpha value is -1.59. The first-order chi connectivity index (χ1) is 11.5. The summed E-state index contributed by atoms with van der Waals surface area (Å²) in [6.45, 7) is 10.2. The van der Waals surface area contributed by atoms with Gasteiger partial charge < -0.3 is 9.84 Å². The van der Waals surface area contributed by atoms with Gasteiger partial charge in [0.2, 0.25) is 0 Å². The monoisotopic (exact) mass is 334 g/mol. The van der Waals surface area contributed by atoms with Crippen LogP contribution in [0.3, 0.4) is 0 Å². The predicted octanol–water partition coefficient (Wildman–Crippen LogP) is 2.87. The molecule has 2 rings (SSSR count). The van der Waals surface area contributed by atoms with Gasteiger partial charge in [-0.25, -0.2) is 0 Å². The van der Waals surface area contributed by atoms with Gasteiger partial charge in [-0.05, 0) is 30.0 Å². The molecule has 0 amide bonds. The van der Waals surface area contributed by atoms with Gasteiger partial charge in [-0.2, -0.15) is 0 Å². The first-order valence-electron chi connectivity index (χ1n) is 8.81. The van der Waals surface area contributed by atoms with Crippen molar-refractivity contribution in [1.82, 2.24) is 9.80 Å². The van der Waals surface area contributed by atoms with E-state index in [1.165, 1.54) is 0 Å². The Bertz CT molecular complexity index is 547. The first kappa shape index (κ1) is 18.7. The third-order valence-corrected chi connectivity index (χ3v) is 4.72. The maximum absolute atomic E-state index is 12.0. The van der Waals surface area contributed by atoms with Crippen molar-refractivity contribution < 1.29 is 14.6 Å². The number of carbonyl (C=O) groups is 1. The number of hydrogen-bond donors (Lipinski definition) is 1. The average Bonchev–Trinajstić information content (AvgIpc) is 2.55. The third-order valence-electron chi connectivity index (χ3n) is 4.72. The van der Waals surface area contributed by atoms with Crippen LogP contribution in [-0.4, -0.2) is 60.2 Å². The maximum Gasteiger partial charge on any atom is 0.325 e. The van der Waals surface area contributed by atoms with Gasteiger partial charge in [0.05, 0.1) is 7.11 Å². The van der Waals surface area contributed by atoms with Crippen LogP contribution in [0.25, 0.3) is 0 Å². The van der Waals surface area contributed by atoms with E-state index in [9.17, 15) is 9.90 Å². The molecule has 5 nitrogen and oxygen atoms in total. The Morgan fingerprint density at radius 3 is 2.71 bits per heavy atom. The number of carboxylic acid groups (broad SMARTS) is 1. The van der Waals surface area contributed by atoms with E-state index in [1.54, 1.807) is 7.11 Å². The molecule has 0 spiro atoms. The number of rotatable bonds is 7. The molecule has 0 saturated carbocycles. The summed E-state index contributed by atoms with van der Waals surface area (Å²) in [5.41, 5.74) is 0.786. The fourth-order valence-corrected chi connectivity index (χ4v) is 3.57. The predicted molar refractivity (Wildman–Crippen MR) is 95.4 cm³/mol. The van der Waals surface area contributed by atoms with Crippen molar-refractivity contribution in [2.24, 2.45) is 5.92 Å². The highest BCUT2D eigenvalue weighted by Gasteiger charge is 2.34. The molecule has 134 valence electrons. The molecule has 0 aromatic heterocycles. The molecule has 1 saturated heterocycles. The van der Waals surface area contributed by atoms with Crippen LogP contribution in [0.4, 0.5) is 0 Å². The second-order valence-electron chi connectivity index (χ2n) is 6.96. The molecule has 0 aliphatic carbocycles. The van der Waals surface area contributed by atoms with Gasteiger partial charge >= 0.3 is 5.97 Å². The molecule has 2 atom stereocenters. The molecular weight excluding hydrogens is 304 g/mol. The molecule has 1 N–H and O–H groups in total. The highest BCUT2D eigenvalue weighted by Crippen LogP contribution is 2.28. The van der Waals surface area contributed by atoms with Crippen molar-refractivity contribution in [3.63, 3.8) is 0 Å². The van der Waals surface area contributed by atoms with Crippen molar-refractivity contribution in [2.75, 3.05) is 33.3 Å². The molecule has 5 heteroatoms. The summed E-state index contributed by atoms with van der Waals surface area (Å²) in [5.74, 6) is 0.527. The SMILES string of the molecule is CCC1CN(C(C(=O)O)c2cccc(OC)c2)CCN1CC(C)C. The first-order valence-corrected chi connectivity index (χ1v) is 8.81. The van der Waals surface area contributed by atoms with E-state index in [2.05, 4.69) is 30.6 Å². The van der Waals surface area contributed by atoms with Gasteiger partial charge in [-0.3, -0.25) is 14.6 Å². The minimum absolute atomic E-state index is 0.411. The second-order valence-corrected chi connectivity index (χ2v) is 6.96. The molecule has 0 radical (unpaired) electrons. The molecule has 1 aromatic carbocycles. The lowest BCUT2D eigenvalue weighted by molar-refractivity contribution is -0.145. The molecule has 1 aromatic rings. The summed E-state index contributed by atoms with van der Waals surface area (Å²) >= 11 is 0. The largest absolute Gasteiger partial charge is 0.497 e. The number of piperazine rings is 1. The van der Waals surface area contributed by atoms with Crippen molar-refractivity contribution in [3.05, 3.63) is 29.8 Å². The highest BCUT2D eigenvalue weighted by atomic mass is 16.5. The smallest absolute Gasteiger partial charge is 0.325 e. The van der Waals surface area contributed by atoms with E-state index in [-0.39, 0.29) is 0 Å². The molecule has 1 aliphatic heterocycles. The van der Waals surface area contributed by atoms with Crippen LogP contribution >= 0.6 is 0 Å². The molecule has 1 fully saturated rings. The van der Waals surface area contributed by atoms with E-state index in [0.717, 1.165) is 38.2 Å². The van der Waals surface area contributed by atoms with Crippen LogP contribution < -0.4 is 4.74 Å². The van der Waals surface area contributed by atoms with Crippen LogP contribution in [0.5, 0.6) is 5.75 Å². The average molecular weight is 334 g/mol. The van der Waals surface area contributed by atoms with Crippen LogP contribution in [-0.2, 0) is 4.79 Å². The van der Waals surface area contributed by atoms with Gasteiger partial charge in [-0.1, -0.05) is 32.9 Å². The third kappa shape index (κ3) is 4.48. The lowest BCUT2D eigenvalue weighted by atomic mass is 10.0. The zero-order chi connectivity index (χ0) is 17.7. The van der Waals surface area contributed by atoms with E-state index >= 15 is 0 Å². The van der Waals surface area contributed by atoms with Crippen LogP contribution in [0.15, 0.2) is 24.3 Å². The summed E-state index contributed by atoms with van der Waals surface area (Å²) in [5, 5.41) is 9.82. The van der Waals surface area contributed by atoms with Crippen molar-refractivity contribution in [3.8, 4) is 5.75 Å². The van der Waals surface area contributed by atoms with E-state index in [4.69, 9.17) is 4.74 Å². The standard InChI is InChI=1S/C19H30N2O3/c1-5-16-13-21(10-9-20(16)12-14(2)3)18(19(22)23)15-7-6-8-17(11-15)24-4/h6-8,11,14,16,18H,5,9-10,12-13H2,1-4H3,(H,22,23). The van der Waals surface area contributed by atoms with Crippen LogP contribution in [0.2, 0.25) is 0 Å². The van der Waals surface area contributed by atoms with E-state index in [1.807, 2.05) is 24.3 Å². The van der Waals surface area contributed by atoms with Crippen LogP contribution in [0, 0.1) is 5.92 Å². The summed E-state index contributed by atoms with van der Waals surface area (Å²) in [4.78, 5) is 16.6. The molecule has 0 bridgehead atoms. The minimum atomic E-state index is -0.796. The van der Waals surface area contributed by atoms with Gasteiger partial charge in [0.1, 0.15) is 11.8 Å². The van der Waals surface area contributed by atoms with Gasteiger partial charge in [0.25, 0.3) is 0 Å². The Balaban J connectivity index is 2.18. The highest BCUT2D eigenvalue weighted by molar-refractivity contribution is 5.75. The topological polar surface area (TPSA) is 53.0 Å². The fraction of sp³-hybridized carbons (Fsp3) is 0.632. The zero-order valence-electron chi connectivity index (χ0n) is 15.2. The summed E-state index contributed by atoms with van der Waals surface area (Å²) in [7, 11) is 1.60. The van der Waals surface area contributed by atoms with Crippen molar-refractivity contribution >= 4 is 5.97 Å². The number of nitrogens with zero attached hydrogens (tertiary/aromatic N) is 2. The van der Waals surface area contributed by atoms with Crippen molar-refractivity contribution in [1.29, 1.82) is 0 Å². The summed E-state index contributed by atoms with van der Waals surface area (Å²) in [6.07, 6.45) is 1.04. The molecular formula is C19H30N2O3. The lowest BCUT2D eigenvalue weighted by Gasteiger charge is -2.44. The number of ether oxygens (including phenoxy) is 1. The molecule has 24 heavy (non-hydrogen) atoms. The minimum Gasteiger partial charge on any atom is -0.497 e. The number of aliphatic carboxylic acids is 1. The number of hydrogen-bond acceptors (Lipinski definition) is 4. The molecule has 2 unspecified atom stereocenters. The normalized spacial score (nSPS) is 21.0. The Morgan fingerprint density at radius 2 is 2.12 bits per heavy atom. The van der Waals surface area contributed by atoms with E-state index < -0.39 is 12.0 Å².